The zero-order valence-corrected chi connectivity index (χ0v) is 8.00. The lowest BCUT2D eigenvalue weighted by Crippen LogP contribution is -2.63. The molecule has 0 saturated heterocycles. The first kappa shape index (κ1) is 13.5. The Hall–Kier alpha value is -0.530. The lowest BCUT2D eigenvalue weighted by Gasteiger charge is -2.39. The summed E-state index contributed by atoms with van der Waals surface area (Å²) in [6.45, 7) is 0. The smallest absolute Gasteiger partial charge is 0.322 e. The van der Waals surface area contributed by atoms with Crippen molar-refractivity contribution in [2.24, 2.45) is 11.7 Å². The van der Waals surface area contributed by atoms with E-state index < -0.39 is 30.0 Å². The van der Waals surface area contributed by atoms with Crippen LogP contribution < -0.4 is 5.73 Å². The van der Waals surface area contributed by atoms with Crippen LogP contribution in [-0.2, 0) is 0 Å². The molecule has 0 aromatic heterocycles. The van der Waals surface area contributed by atoms with Crippen molar-refractivity contribution >= 4 is 0 Å². The molecule has 1 fully saturated rings. The highest BCUT2D eigenvalue weighted by Gasteiger charge is 2.75. The number of hydrogen-bond acceptors (Lipinski definition) is 1. The second-order valence-electron chi connectivity index (χ2n) is 3.91. The van der Waals surface area contributed by atoms with Gasteiger partial charge in [-0.25, -0.2) is 0 Å². The van der Waals surface area contributed by atoms with Crippen LogP contribution >= 0.6 is 0 Å². The third kappa shape index (κ3) is 1.87. The minimum Gasteiger partial charge on any atom is -0.322 e. The second-order valence-corrected chi connectivity index (χ2v) is 3.91. The Kier molecular flexibility index (Phi) is 3.17. The largest absolute Gasteiger partial charge is 0.459 e. The van der Waals surface area contributed by atoms with Crippen LogP contribution in [-0.4, -0.2) is 24.1 Å². The first-order chi connectivity index (χ1) is 7.02. The van der Waals surface area contributed by atoms with Gasteiger partial charge in [-0.2, -0.15) is 30.7 Å². The van der Waals surface area contributed by atoms with E-state index in [9.17, 15) is 30.7 Å². The highest BCUT2D eigenvalue weighted by Crippen LogP contribution is 2.50. The number of nitrogens with two attached hydrogens (primary N) is 1. The van der Waals surface area contributed by atoms with Crippen molar-refractivity contribution in [3.05, 3.63) is 0 Å². The number of alkyl halides is 7. The normalized spacial score (nSPS) is 21.8. The summed E-state index contributed by atoms with van der Waals surface area (Å²) in [4.78, 5) is 0. The average molecular weight is 253 g/mol. The van der Waals surface area contributed by atoms with E-state index in [0.29, 0.717) is 6.42 Å². The molecule has 0 aromatic rings. The van der Waals surface area contributed by atoms with E-state index in [1.54, 1.807) is 0 Å². The van der Waals surface area contributed by atoms with Gasteiger partial charge in [0.1, 0.15) is 0 Å². The van der Waals surface area contributed by atoms with Gasteiger partial charge in [-0.15, -0.1) is 0 Å². The molecular formula is C8H10F7N. The van der Waals surface area contributed by atoms with Crippen molar-refractivity contribution in [2.75, 3.05) is 0 Å². The van der Waals surface area contributed by atoms with E-state index in [0.717, 1.165) is 0 Å². The summed E-state index contributed by atoms with van der Waals surface area (Å²) in [5.41, 5.74) is 4.81. The fourth-order valence-corrected chi connectivity index (χ4v) is 1.49. The molecule has 1 aliphatic rings. The highest BCUT2D eigenvalue weighted by molar-refractivity contribution is 5.01. The minimum absolute atomic E-state index is 0.157. The molecule has 0 heterocycles. The lowest BCUT2D eigenvalue weighted by molar-refractivity contribution is -0.361. The van der Waals surface area contributed by atoms with Gasteiger partial charge in [-0.05, 0) is 18.8 Å². The molecule has 1 rings (SSSR count). The van der Waals surface area contributed by atoms with Crippen LogP contribution in [0.25, 0.3) is 0 Å². The van der Waals surface area contributed by atoms with Gasteiger partial charge in [0.2, 0.25) is 0 Å². The molecule has 0 bridgehead atoms. The van der Waals surface area contributed by atoms with Crippen LogP contribution in [0.1, 0.15) is 19.3 Å². The molecule has 0 spiro atoms. The van der Waals surface area contributed by atoms with Gasteiger partial charge in [0.15, 0.2) is 0 Å². The molecule has 2 N–H and O–H groups in total. The number of hydrogen-bond donors (Lipinski definition) is 1. The number of rotatable bonds is 3. The van der Waals surface area contributed by atoms with E-state index in [4.69, 9.17) is 5.73 Å². The molecule has 0 radical (unpaired) electrons. The van der Waals surface area contributed by atoms with Crippen molar-refractivity contribution in [1.82, 2.24) is 0 Å². The minimum atomic E-state index is -6.29. The second kappa shape index (κ2) is 3.75. The van der Waals surface area contributed by atoms with Crippen LogP contribution in [0.2, 0.25) is 0 Å². The summed E-state index contributed by atoms with van der Waals surface area (Å²) < 4.78 is 86.4. The van der Waals surface area contributed by atoms with Crippen molar-refractivity contribution in [2.45, 2.75) is 43.3 Å². The van der Waals surface area contributed by atoms with Crippen LogP contribution in [0.5, 0.6) is 0 Å². The molecule has 8 heteroatoms. The summed E-state index contributed by atoms with van der Waals surface area (Å²) in [5, 5.41) is 0. The molecule has 16 heavy (non-hydrogen) atoms. The van der Waals surface area contributed by atoms with Gasteiger partial charge in [0, 0.05) is 0 Å². The van der Waals surface area contributed by atoms with Crippen molar-refractivity contribution in [3.63, 3.8) is 0 Å². The Balaban J connectivity index is 2.90. The molecule has 1 saturated carbocycles. The quantitative estimate of drug-likeness (QED) is 0.769. The van der Waals surface area contributed by atoms with E-state index in [1.165, 1.54) is 0 Å². The first-order valence-corrected chi connectivity index (χ1v) is 4.59. The third-order valence-electron chi connectivity index (χ3n) is 2.85. The molecular weight excluding hydrogens is 243 g/mol. The maximum absolute atomic E-state index is 13.0. The number of halogens is 7. The molecule has 0 unspecified atom stereocenters. The predicted octanol–water partition coefficient (Wildman–Crippen LogP) is 2.95. The molecule has 1 atom stereocenters. The zero-order chi connectivity index (χ0) is 12.8. The molecule has 0 aromatic carbocycles. The van der Waals surface area contributed by atoms with Crippen molar-refractivity contribution in [3.8, 4) is 0 Å². The Bertz CT molecular complexity index is 256. The van der Waals surface area contributed by atoms with Crippen LogP contribution in [0.4, 0.5) is 30.7 Å². The first-order valence-electron chi connectivity index (χ1n) is 4.59. The SMILES string of the molecule is N[C@@H](C1CCC1)C(F)(F)C(F)(F)C(F)(F)F. The van der Waals surface area contributed by atoms with Gasteiger partial charge < -0.3 is 5.73 Å². The molecule has 1 aliphatic carbocycles. The van der Waals surface area contributed by atoms with E-state index in [-0.39, 0.29) is 12.8 Å². The van der Waals surface area contributed by atoms with E-state index >= 15 is 0 Å². The topological polar surface area (TPSA) is 26.0 Å². The summed E-state index contributed by atoms with van der Waals surface area (Å²) >= 11 is 0. The van der Waals surface area contributed by atoms with Crippen LogP contribution in [0.15, 0.2) is 0 Å². The van der Waals surface area contributed by atoms with Crippen LogP contribution in [0.3, 0.4) is 0 Å². The zero-order valence-electron chi connectivity index (χ0n) is 8.00. The third-order valence-corrected chi connectivity index (χ3v) is 2.85. The van der Waals surface area contributed by atoms with E-state index in [1.807, 2.05) is 0 Å². The Morgan fingerprint density at radius 2 is 1.38 bits per heavy atom. The molecule has 1 nitrogen and oxygen atoms in total. The highest BCUT2D eigenvalue weighted by atomic mass is 19.4. The van der Waals surface area contributed by atoms with Crippen molar-refractivity contribution in [1.29, 1.82) is 0 Å². The van der Waals surface area contributed by atoms with Gasteiger partial charge in [0.25, 0.3) is 0 Å². The van der Waals surface area contributed by atoms with Gasteiger partial charge in [-0.3, -0.25) is 0 Å². The average Bonchev–Trinajstić information content (AvgIpc) is 1.98. The maximum atomic E-state index is 13.0. The Labute approximate surface area is 86.8 Å². The monoisotopic (exact) mass is 253 g/mol. The summed E-state index contributed by atoms with van der Waals surface area (Å²) in [6.07, 6.45) is -5.46. The summed E-state index contributed by atoms with van der Waals surface area (Å²) in [5.74, 6) is -12.3. The van der Waals surface area contributed by atoms with Crippen LogP contribution in [0, 0.1) is 5.92 Å². The fourth-order valence-electron chi connectivity index (χ4n) is 1.49. The van der Waals surface area contributed by atoms with Gasteiger partial charge >= 0.3 is 18.0 Å². The maximum Gasteiger partial charge on any atom is 0.459 e. The van der Waals surface area contributed by atoms with E-state index in [2.05, 4.69) is 0 Å². The fraction of sp³-hybridized carbons (Fsp3) is 1.00. The molecule has 0 amide bonds. The molecule has 0 aliphatic heterocycles. The Morgan fingerprint density at radius 3 is 1.62 bits per heavy atom. The Morgan fingerprint density at radius 1 is 0.938 bits per heavy atom. The predicted molar refractivity (Wildman–Crippen MR) is 41.3 cm³/mol. The standard InChI is InChI=1S/C8H10F7N/c9-6(10,5(16)4-2-1-3-4)7(11,12)8(13,14)15/h4-5H,1-3,16H2/t5-/m0/s1. The van der Waals surface area contributed by atoms with Gasteiger partial charge in [0.05, 0.1) is 6.04 Å². The summed E-state index contributed by atoms with van der Waals surface area (Å²) in [6, 6.07) is -2.46. The molecule has 96 valence electrons. The van der Waals surface area contributed by atoms with Crippen molar-refractivity contribution < 1.29 is 30.7 Å². The summed E-state index contributed by atoms with van der Waals surface area (Å²) in [7, 11) is 0. The van der Waals surface area contributed by atoms with Gasteiger partial charge in [-0.1, -0.05) is 6.42 Å². The lowest BCUT2D eigenvalue weighted by atomic mass is 9.76.